The molecule has 0 aliphatic carbocycles. The Morgan fingerprint density at radius 1 is 1.32 bits per heavy atom. The van der Waals surface area contributed by atoms with Crippen LogP contribution in [0.2, 0.25) is 0 Å². The second-order valence-electron chi connectivity index (χ2n) is 4.44. The van der Waals surface area contributed by atoms with Gasteiger partial charge in [0.05, 0.1) is 12.3 Å². The Hall–Kier alpha value is -1.55. The predicted molar refractivity (Wildman–Crippen MR) is 81.7 cm³/mol. The maximum Gasteiger partial charge on any atom is 0.180 e. The summed E-state index contributed by atoms with van der Waals surface area (Å²) in [4.78, 5) is 4.36. The number of unbranched alkanes of at least 4 members (excludes halogenated alkanes) is 1. The number of hydrogen-bond acceptors (Lipinski definition) is 4. The third-order valence-corrected chi connectivity index (χ3v) is 3.63. The maximum atomic E-state index is 5.72. The number of anilines is 1. The molecule has 0 saturated carbocycles. The molecule has 3 nitrogen and oxygen atoms in total. The zero-order chi connectivity index (χ0) is 13.7. The van der Waals surface area contributed by atoms with Crippen LogP contribution < -0.4 is 10.5 Å². The molecule has 1 aromatic carbocycles. The van der Waals surface area contributed by atoms with Gasteiger partial charge in [-0.3, -0.25) is 0 Å². The van der Waals surface area contributed by atoms with Crippen molar-refractivity contribution in [1.29, 1.82) is 0 Å². The molecular formula is C15H20N2OS. The fraction of sp³-hybridized carbons (Fsp3) is 0.400. The number of nitrogens with two attached hydrogens (primary N) is 1. The van der Waals surface area contributed by atoms with Gasteiger partial charge >= 0.3 is 0 Å². The van der Waals surface area contributed by atoms with Crippen LogP contribution in [0.5, 0.6) is 5.75 Å². The number of aryl methyl sites for hydroxylation is 1. The normalized spacial score (nSPS) is 10.6. The standard InChI is InChI=1S/C15H20N2OS/c1-3-5-6-11-7-8-14(18-4-2)12(9-11)13-10-19-15(16)17-13/h7-10H,3-6H2,1-2H3,(H2,16,17). The van der Waals surface area contributed by atoms with Crippen LogP contribution in [0.4, 0.5) is 5.13 Å². The van der Waals surface area contributed by atoms with Gasteiger partial charge in [0, 0.05) is 10.9 Å². The monoisotopic (exact) mass is 276 g/mol. The summed E-state index contributed by atoms with van der Waals surface area (Å²) in [5, 5.41) is 2.58. The van der Waals surface area contributed by atoms with E-state index in [9.17, 15) is 0 Å². The number of nitrogen functional groups attached to an aromatic ring is 1. The van der Waals surface area contributed by atoms with E-state index in [1.165, 1.54) is 29.7 Å². The third-order valence-electron chi connectivity index (χ3n) is 2.96. The predicted octanol–water partition coefficient (Wildman–Crippen LogP) is 4.13. The highest BCUT2D eigenvalue weighted by Gasteiger charge is 2.10. The molecule has 0 spiro atoms. The number of rotatable bonds is 6. The minimum atomic E-state index is 0.594. The van der Waals surface area contributed by atoms with Crippen LogP contribution in [-0.4, -0.2) is 11.6 Å². The largest absolute Gasteiger partial charge is 0.493 e. The van der Waals surface area contributed by atoms with Gasteiger partial charge in [0.15, 0.2) is 5.13 Å². The molecule has 2 N–H and O–H groups in total. The van der Waals surface area contributed by atoms with Crippen molar-refractivity contribution in [3.05, 3.63) is 29.1 Å². The Bertz CT molecular complexity index is 537. The van der Waals surface area contributed by atoms with Gasteiger partial charge in [-0.15, -0.1) is 11.3 Å². The average molecular weight is 276 g/mol. The van der Waals surface area contributed by atoms with Gasteiger partial charge in [-0.25, -0.2) is 4.98 Å². The Morgan fingerprint density at radius 2 is 2.16 bits per heavy atom. The molecule has 2 aromatic rings. The molecule has 19 heavy (non-hydrogen) atoms. The third kappa shape index (κ3) is 3.47. The highest BCUT2D eigenvalue weighted by molar-refractivity contribution is 7.13. The number of aromatic nitrogens is 1. The van der Waals surface area contributed by atoms with Gasteiger partial charge in [-0.2, -0.15) is 0 Å². The first-order valence-electron chi connectivity index (χ1n) is 6.71. The van der Waals surface area contributed by atoms with Crippen molar-refractivity contribution in [3.8, 4) is 17.0 Å². The topological polar surface area (TPSA) is 48.1 Å². The van der Waals surface area contributed by atoms with E-state index in [2.05, 4.69) is 24.0 Å². The van der Waals surface area contributed by atoms with Crippen LogP contribution >= 0.6 is 11.3 Å². The fourth-order valence-electron chi connectivity index (χ4n) is 2.01. The van der Waals surface area contributed by atoms with E-state index >= 15 is 0 Å². The van der Waals surface area contributed by atoms with E-state index in [0.29, 0.717) is 11.7 Å². The molecule has 0 aliphatic heterocycles. The smallest absolute Gasteiger partial charge is 0.180 e. The number of hydrogen-bond donors (Lipinski definition) is 1. The molecule has 0 radical (unpaired) electrons. The van der Waals surface area contributed by atoms with Crippen molar-refractivity contribution < 1.29 is 4.74 Å². The summed E-state index contributed by atoms with van der Waals surface area (Å²) in [5.41, 5.74) is 9.00. The summed E-state index contributed by atoms with van der Waals surface area (Å²) in [6.45, 7) is 4.85. The van der Waals surface area contributed by atoms with E-state index in [-0.39, 0.29) is 0 Å². The van der Waals surface area contributed by atoms with Gasteiger partial charge in [-0.05, 0) is 37.5 Å². The van der Waals surface area contributed by atoms with Gasteiger partial charge in [0.2, 0.25) is 0 Å². The van der Waals surface area contributed by atoms with Crippen LogP contribution in [0.1, 0.15) is 32.3 Å². The lowest BCUT2D eigenvalue weighted by Crippen LogP contribution is -1.96. The van der Waals surface area contributed by atoms with E-state index in [0.717, 1.165) is 23.4 Å². The molecule has 0 saturated heterocycles. The molecule has 1 heterocycles. The summed E-state index contributed by atoms with van der Waals surface area (Å²) < 4.78 is 5.68. The lowest BCUT2D eigenvalue weighted by atomic mass is 10.0. The lowest BCUT2D eigenvalue weighted by Gasteiger charge is -2.10. The van der Waals surface area contributed by atoms with E-state index < -0.39 is 0 Å². The second-order valence-corrected chi connectivity index (χ2v) is 5.33. The quantitative estimate of drug-likeness (QED) is 0.862. The summed E-state index contributed by atoms with van der Waals surface area (Å²) in [5.74, 6) is 0.882. The zero-order valence-corrected chi connectivity index (χ0v) is 12.3. The molecule has 1 aromatic heterocycles. The van der Waals surface area contributed by atoms with Crippen LogP contribution in [0.25, 0.3) is 11.3 Å². The zero-order valence-electron chi connectivity index (χ0n) is 11.5. The Labute approximate surface area is 118 Å². The maximum absolute atomic E-state index is 5.72. The minimum Gasteiger partial charge on any atom is -0.493 e. The Morgan fingerprint density at radius 3 is 2.79 bits per heavy atom. The molecular weight excluding hydrogens is 256 g/mol. The molecule has 0 fully saturated rings. The molecule has 0 aliphatic rings. The lowest BCUT2D eigenvalue weighted by molar-refractivity contribution is 0.341. The van der Waals surface area contributed by atoms with Gasteiger partial charge < -0.3 is 10.5 Å². The highest BCUT2D eigenvalue weighted by atomic mass is 32.1. The second kappa shape index (κ2) is 6.57. The minimum absolute atomic E-state index is 0.594. The van der Waals surface area contributed by atoms with Crippen molar-refractivity contribution >= 4 is 16.5 Å². The summed E-state index contributed by atoms with van der Waals surface area (Å²) in [6, 6.07) is 6.36. The first-order valence-corrected chi connectivity index (χ1v) is 7.59. The number of nitrogens with zero attached hydrogens (tertiary/aromatic N) is 1. The first-order chi connectivity index (χ1) is 9.24. The van der Waals surface area contributed by atoms with Gasteiger partial charge in [0.25, 0.3) is 0 Å². The molecule has 0 atom stereocenters. The van der Waals surface area contributed by atoms with E-state index in [1.54, 1.807) is 0 Å². The SMILES string of the molecule is CCCCc1ccc(OCC)c(-c2csc(N)n2)c1. The van der Waals surface area contributed by atoms with Crippen LogP contribution in [-0.2, 0) is 6.42 Å². The van der Waals surface area contributed by atoms with Crippen molar-refractivity contribution in [3.63, 3.8) is 0 Å². The Balaban J connectivity index is 2.35. The summed E-state index contributed by atoms with van der Waals surface area (Å²) in [6.07, 6.45) is 3.49. The molecule has 0 amide bonds. The summed E-state index contributed by atoms with van der Waals surface area (Å²) in [7, 11) is 0. The number of thiazole rings is 1. The van der Waals surface area contributed by atoms with Crippen molar-refractivity contribution in [1.82, 2.24) is 4.98 Å². The molecule has 4 heteroatoms. The van der Waals surface area contributed by atoms with Crippen LogP contribution in [0.3, 0.4) is 0 Å². The summed E-state index contributed by atoms with van der Waals surface area (Å²) >= 11 is 1.46. The van der Waals surface area contributed by atoms with E-state index in [1.807, 2.05) is 18.4 Å². The highest BCUT2D eigenvalue weighted by Crippen LogP contribution is 2.32. The molecule has 0 bridgehead atoms. The average Bonchev–Trinajstić information content (AvgIpc) is 2.84. The van der Waals surface area contributed by atoms with Crippen LogP contribution in [0, 0.1) is 0 Å². The number of benzene rings is 1. The Kier molecular flexibility index (Phi) is 4.80. The van der Waals surface area contributed by atoms with Crippen molar-refractivity contribution in [2.75, 3.05) is 12.3 Å². The van der Waals surface area contributed by atoms with E-state index in [4.69, 9.17) is 10.5 Å². The van der Waals surface area contributed by atoms with Gasteiger partial charge in [-0.1, -0.05) is 19.4 Å². The molecule has 0 unspecified atom stereocenters. The van der Waals surface area contributed by atoms with Gasteiger partial charge in [0.1, 0.15) is 5.75 Å². The fourth-order valence-corrected chi connectivity index (χ4v) is 2.57. The van der Waals surface area contributed by atoms with Crippen molar-refractivity contribution in [2.24, 2.45) is 0 Å². The molecule has 2 rings (SSSR count). The van der Waals surface area contributed by atoms with Crippen molar-refractivity contribution in [2.45, 2.75) is 33.1 Å². The first kappa shape index (κ1) is 13.9. The molecule has 102 valence electrons. The number of ether oxygens (including phenoxy) is 1. The van der Waals surface area contributed by atoms with Crippen LogP contribution in [0.15, 0.2) is 23.6 Å².